The zero-order chi connectivity index (χ0) is 27.3. The molecule has 0 aliphatic carbocycles. The van der Waals surface area contributed by atoms with Crippen LogP contribution in [0.15, 0.2) is 65.1 Å². The van der Waals surface area contributed by atoms with Gasteiger partial charge in [0.15, 0.2) is 0 Å². The van der Waals surface area contributed by atoms with Crippen molar-refractivity contribution in [3.05, 3.63) is 65.7 Å². The average Bonchev–Trinajstić information content (AvgIpc) is 2.93. The highest BCUT2D eigenvalue weighted by Crippen LogP contribution is 2.26. The summed E-state index contributed by atoms with van der Waals surface area (Å²) >= 11 is 0. The lowest BCUT2D eigenvalue weighted by Crippen LogP contribution is -2.56. The maximum absolute atomic E-state index is 13.1. The second kappa shape index (κ2) is 12.1. The van der Waals surface area contributed by atoms with Crippen LogP contribution in [0.4, 0.5) is 0 Å². The number of rotatable bonds is 9. The molecule has 2 aliphatic rings. The Bertz CT molecular complexity index is 1230. The van der Waals surface area contributed by atoms with Gasteiger partial charge in [0.1, 0.15) is 0 Å². The Hall–Kier alpha value is -2.56. The van der Waals surface area contributed by atoms with Crippen LogP contribution in [0.25, 0.3) is 11.1 Å². The van der Waals surface area contributed by atoms with Crippen molar-refractivity contribution >= 4 is 15.9 Å². The van der Waals surface area contributed by atoms with E-state index in [1.165, 1.54) is 9.87 Å². The first kappa shape index (κ1) is 28.4. The molecule has 0 unspecified atom stereocenters. The molecule has 0 radical (unpaired) electrons. The Kier molecular flexibility index (Phi) is 9.05. The Morgan fingerprint density at radius 3 is 2.08 bits per heavy atom. The number of piperazine rings is 1. The summed E-state index contributed by atoms with van der Waals surface area (Å²) in [6.45, 7) is 10.8. The van der Waals surface area contributed by atoms with Gasteiger partial charge in [0.25, 0.3) is 0 Å². The van der Waals surface area contributed by atoms with Gasteiger partial charge in [-0.2, -0.15) is 4.31 Å². The molecule has 0 saturated carbocycles. The predicted molar refractivity (Wildman–Crippen MR) is 150 cm³/mol. The van der Waals surface area contributed by atoms with Gasteiger partial charge >= 0.3 is 0 Å². The van der Waals surface area contributed by atoms with Crippen molar-refractivity contribution < 1.29 is 17.9 Å². The monoisotopic (exact) mass is 540 g/mol. The second-order valence-electron chi connectivity index (χ2n) is 10.7. The van der Waals surface area contributed by atoms with Gasteiger partial charge in [-0.05, 0) is 49.1 Å². The Balaban J connectivity index is 1.34. The predicted octanol–water partition coefficient (Wildman–Crippen LogP) is 2.96. The number of hydrogen-bond acceptors (Lipinski definition) is 6. The molecule has 2 aliphatic heterocycles. The van der Waals surface area contributed by atoms with Crippen molar-refractivity contribution in [1.29, 1.82) is 0 Å². The number of benzene rings is 2. The molecule has 38 heavy (non-hydrogen) atoms. The number of carbonyl (C=O) groups excluding carboxylic acids is 1. The third kappa shape index (κ3) is 6.52. The maximum atomic E-state index is 13.1. The third-order valence-corrected chi connectivity index (χ3v) is 9.48. The van der Waals surface area contributed by atoms with Crippen molar-refractivity contribution in [3.8, 4) is 11.1 Å². The first-order chi connectivity index (χ1) is 18.1. The van der Waals surface area contributed by atoms with Crippen molar-refractivity contribution in [3.63, 3.8) is 0 Å². The summed E-state index contributed by atoms with van der Waals surface area (Å²) in [5.74, 6) is -0.151. The van der Waals surface area contributed by atoms with E-state index in [1.807, 2.05) is 12.1 Å². The van der Waals surface area contributed by atoms with E-state index in [-0.39, 0.29) is 22.9 Å². The van der Waals surface area contributed by atoms with Crippen molar-refractivity contribution in [2.45, 2.75) is 37.2 Å². The highest BCUT2D eigenvalue weighted by Gasteiger charge is 2.30. The van der Waals surface area contributed by atoms with Crippen LogP contribution in [0.3, 0.4) is 0 Å². The molecule has 206 valence electrons. The molecule has 4 rings (SSSR count). The summed E-state index contributed by atoms with van der Waals surface area (Å²) in [7, 11) is -0.276. The zero-order valence-corrected chi connectivity index (χ0v) is 23.8. The number of amides is 1. The van der Waals surface area contributed by atoms with Crippen LogP contribution in [-0.4, -0.2) is 94.0 Å². The molecule has 1 N–H and O–H groups in total. The van der Waals surface area contributed by atoms with Crippen LogP contribution in [0.5, 0.6) is 0 Å². The lowest BCUT2D eigenvalue weighted by Gasteiger charge is -2.43. The van der Waals surface area contributed by atoms with E-state index in [9.17, 15) is 13.2 Å². The SMILES string of the molecule is CNC(=O)C1=CCN(S(=O)(=O)c2ccc(-c3ccc(CN4CCN(C(C)(C)COC)CC4)cc3)cc2)CC1. The highest BCUT2D eigenvalue weighted by atomic mass is 32.2. The molecule has 2 heterocycles. The summed E-state index contributed by atoms with van der Waals surface area (Å²) in [5, 5.41) is 2.59. The van der Waals surface area contributed by atoms with Crippen molar-refractivity contribution in [1.82, 2.24) is 19.4 Å². The molecule has 0 atom stereocenters. The van der Waals surface area contributed by atoms with E-state index >= 15 is 0 Å². The van der Waals surface area contributed by atoms with E-state index in [0.29, 0.717) is 18.5 Å². The number of carbonyl (C=O) groups is 1. The Morgan fingerprint density at radius 2 is 1.55 bits per heavy atom. The molecular weight excluding hydrogens is 500 g/mol. The Labute approximate surface area is 227 Å². The van der Waals surface area contributed by atoms with Crippen molar-refractivity contribution in [2.75, 3.05) is 60.0 Å². The molecule has 2 aromatic rings. The van der Waals surface area contributed by atoms with E-state index in [1.54, 1.807) is 32.4 Å². The zero-order valence-electron chi connectivity index (χ0n) is 22.9. The van der Waals surface area contributed by atoms with Crippen LogP contribution >= 0.6 is 0 Å². The smallest absolute Gasteiger partial charge is 0.246 e. The number of nitrogens with zero attached hydrogens (tertiary/aromatic N) is 3. The quantitative estimate of drug-likeness (QED) is 0.527. The molecule has 0 spiro atoms. The van der Waals surface area contributed by atoms with Gasteiger partial charge < -0.3 is 10.1 Å². The van der Waals surface area contributed by atoms with Gasteiger partial charge in [-0.25, -0.2) is 8.42 Å². The summed E-state index contributed by atoms with van der Waals surface area (Å²) in [6, 6.07) is 15.6. The van der Waals surface area contributed by atoms with E-state index in [0.717, 1.165) is 50.5 Å². The standard InChI is InChI=1S/C29H40N4O4S/c1-29(2,22-37-4)32-19-17-31(18-20-32)21-23-5-7-24(8-6-23)25-9-11-27(12-10-25)38(35,36)33-15-13-26(14-16-33)28(34)30-3/h5-13H,14-22H2,1-4H3,(H,30,34). The first-order valence-corrected chi connectivity index (χ1v) is 14.6. The lowest BCUT2D eigenvalue weighted by molar-refractivity contribution is -0.117. The van der Waals surface area contributed by atoms with Crippen LogP contribution in [0.1, 0.15) is 25.8 Å². The van der Waals surface area contributed by atoms with Crippen LogP contribution in [0.2, 0.25) is 0 Å². The maximum Gasteiger partial charge on any atom is 0.246 e. The number of likely N-dealkylation sites (N-methyl/N-ethyl adjacent to an activating group) is 1. The Morgan fingerprint density at radius 1 is 0.947 bits per heavy atom. The molecule has 9 heteroatoms. The molecule has 0 bridgehead atoms. The molecule has 8 nitrogen and oxygen atoms in total. The minimum absolute atomic E-state index is 0.0541. The fourth-order valence-corrected chi connectivity index (χ4v) is 6.60. The number of sulfonamides is 1. The van der Waals surface area contributed by atoms with Crippen LogP contribution in [0, 0.1) is 0 Å². The number of ether oxygens (including phenoxy) is 1. The molecule has 0 aromatic heterocycles. The van der Waals surface area contributed by atoms with E-state index in [2.05, 4.69) is 53.2 Å². The van der Waals surface area contributed by atoms with Gasteiger partial charge in [0.2, 0.25) is 15.9 Å². The van der Waals surface area contributed by atoms with Gasteiger partial charge in [-0.15, -0.1) is 0 Å². The number of hydrogen-bond donors (Lipinski definition) is 1. The molecule has 1 amide bonds. The van der Waals surface area contributed by atoms with Gasteiger partial charge in [0.05, 0.1) is 11.5 Å². The third-order valence-electron chi connectivity index (χ3n) is 7.60. The van der Waals surface area contributed by atoms with Gasteiger partial charge in [-0.1, -0.05) is 42.5 Å². The summed E-state index contributed by atoms with van der Waals surface area (Å²) in [5.41, 5.74) is 3.99. The minimum atomic E-state index is -3.62. The van der Waals surface area contributed by atoms with E-state index < -0.39 is 10.0 Å². The first-order valence-electron chi connectivity index (χ1n) is 13.2. The molecular formula is C29H40N4O4S. The summed E-state index contributed by atoms with van der Waals surface area (Å²) < 4.78 is 33.0. The lowest BCUT2D eigenvalue weighted by atomic mass is 10.0. The largest absolute Gasteiger partial charge is 0.383 e. The molecule has 1 saturated heterocycles. The topological polar surface area (TPSA) is 82.2 Å². The summed E-state index contributed by atoms with van der Waals surface area (Å²) in [4.78, 5) is 17.1. The normalized spacial score (nSPS) is 18.3. The fraction of sp³-hybridized carbons (Fsp3) is 0.483. The van der Waals surface area contributed by atoms with Crippen LogP contribution < -0.4 is 5.32 Å². The fourth-order valence-electron chi connectivity index (χ4n) is 5.22. The number of methoxy groups -OCH3 is 1. The average molecular weight is 541 g/mol. The molecule has 2 aromatic carbocycles. The van der Waals surface area contributed by atoms with Crippen molar-refractivity contribution in [2.24, 2.45) is 0 Å². The van der Waals surface area contributed by atoms with Gasteiger partial charge in [0, 0.05) is 71.1 Å². The minimum Gasteiger partial charge on any atom is -0.383 e. The highest BCUT2D eigenvalue weighted by molar-refractivity contribution is 7.89. The summed E-state index contributed by atoms with van der Waals surface area (Å²) in [6.07, 6.45) is 2.10. The number of nitrogens with one attached hydrogen (secondary N) is 1. The second-order valence-corrected chi connectivity index (χ2v) is 12.6. The van der Waals surface area contributed by atoms with Crippen LogP contribution in [-0.2, 0) is 26.1 Å². The molecule has 1 fully saturated rings. The van der Waals surface area contributed by atoms with Gasteiger partial charge in [-0.3, -0.25) is 14.6 Å². The van der Waals surface area contributed by atoms with E-state index in [4.69, 9.17) is 4.74 Å².